The molecule has 1 aromatic rings. The van der Waals surface area contributed by atoms with E-state index in [0.717, 1.165) is 12.5 Å². The van der Waals surface area contributed by atoms with E-state index in [1.807, 2.05) is 6.92 Å². The molecule has 1 N–H and O–H groups in total. The van der Waals surface area contributed by atoms with Crippen LogP contribution in [0.3, 0.4) is 0 Å². The fraction of sp³-hybridized carbons (Fsp3) is 0.667. The number of hydrogen-bond donors (Lipinski definition) is 1. The molecular weight excluding hydrogens is 297 g/mol. The second-order valence-electron chi connectivity index (χ2n) is 5.89. The molecule has 1 rings (SSSR count). The maximum atomic E-state index is 13.1. The van der Waals surface area contributed by atoms with Gasteiger partial charge in [0, 0.05) is 34.5 Å². The van der Waals surface area contributed by atoms with Crippen molar-refractivity contribution >= 4 is 11.8 Å². The number of nitrogens with one attached hydrogen (secondary N) is 1. The van der Waals surface area contributed by atoms with Crippen molar-refractivity contribution < 1.29 is 13.2 Å². The zero-order valence-corrected chi connectivity index (χ0v) is 13.7. The SMILES string of the molecule is CCCNC(CSC(C)(C)C)c1cnccc1C(F)(F)F. The lowest BCUT2D eigenvalue weighted by Crippen LogP contribution is -2.28. The van der Waals surface area contributed by atoms with E-state index in [9.17, 15) is 13.2 Å². The third-order valence-electron chi connectivity index (χ3n) is 2.86. The van der Waals surface area contributed by atoms with Crippen molar-refractivity contribution in [3.8, 4) is 0 Å². The molecule has 0 aliphatic rings. The lowest BCUT2D eigenvalue weighted by molar-refractivity contribution is -0.138. The van der Waals surface area contributed by atoms with E-state index in [4.69, 9.17) is 0 Å². The topological polar surface area (TPSA) is 24.9 Å². The Morgan fingerprint density at radius 1 is 1.29 bits per heavy atom. The maximum absolute atomic E-state index is 13.1. The summed E-state index contributed by atoms with van der Waals surface area (Å²) in [4.78, 5) is 3.88. The molecule has 21 heavy (non-hydrogen) atoms. The Kier molecular flexibility index (Phi) is 6.53. The molecule has 120 valence electrons. The monoisotopic (exact) mass is 320 g/mol. The molecule has 0 aromatic carbocycles. The van der Waals surface area contributed by atoms with E-state index in [1.165, 1.54) is 12.4 Å². The predicted molar refractivity (Wildman–Crippen MR) is 82.5 cm³/mol. The molecule has 0 aliphatic carbocycles. The highest BCUT2D eigenvalue weighted by atomic mass is 32.2. The fourth-order valence-corrected chi connectivity index (χ4v) is 2.82. The van der Waals surface area contributed by atoms with E-state index >= 15 is 0 Å². The first-order valence-corrected chi connectivity index (χ1v) is 8.02. The molecule has 6 heteroatoms. The molecule has 1 unspecified atom stereocenters. The number of alkyl halides is 3. The highest BCUT2D eigenvalue weighted by molar-refractivity contribution is 8.00. The number of halogens is 3. The van der Waals surface area contributed by atoms with E-state index in [0.29, 0.717) is 12.3 Å². The molecule has 0 saturated carbocycles. The average Bonchev–Trinajstić information content (AvgIpc) is 2.37. The van der Waals surface area contributed by atoms with Crippen LogP contribution in [0.2, 0.25) is 0 Å². The molecule has 1 atom stereocenters. The smallest absolute Gasteiger partial charge is 0.309 e. The van der Waals surface area contributed by atoms with Crippen molar-refractivity contribution in [1.29, 1.82) is 0 Å². The lowest BCUT2D eigenvalue weighted by atomic mass is 10.0. The van der Waals surface area contributed by atoms with Gasteiger partial charge in [0.1, 0.15) is 0 Å². The minimum absolute atomic E-state index is 0.00670. The van der Waals surface area contributed by atoms with E-state index in [-0.39, 0.29) is 16.4 Å². The van der Waals surface area contributed by atoms with Crippen LogP contribution in [-0.2, 0) is 6.18 Å². The van der Waals surface area contributed by atoms with Gasteiger partial charge in [-0.15, -0.1) is 0 Å². The van der Waals surface area contributed by atoms with Crippen LogP contribution in [0, 0.1) is 0 Å². The van der Waals surface area contributed by atoms with Gasteiger partial charge in [-0.05, 0) is 19.0 Å². The molecule has 0 saturated heterocycles. The minimum Gasteiger partial charge on any atom is -0.309 e. The number of hydrogen-bond acceptors (Lipinski definition) is 3. The molecular formula is C15H23F3N2S. The summed E-state index contributed by atoms with van der Waals surface area (Å²) in [6.45, 7) is 8.85. The van der Waals surface area contributed by atoms with Gasteiger partial charge in [0.2, 0.25) is 0 Å². The second-order valence-corrected chi connectivity index (χ2v) is 7.74. The van der Waals surface area contributed by atoms with Crippen LogP contribution in [0.1, 0.15) is 51.3 Å². The second kappa shape index (κ2) is 7.49. The summed E-state index contributed by atoms with van der Waals surface area (Å²) in [6.07, 6.45) is -0.950. The van der Waals surface area contributed by atoms with Crippen LogP contribution in [0.15, 0.2) is 18.5 Å². The van der Waals surface area contributed by atoms with Crippen LogP contribution in [-0.4, -0.2) is 22.0 Å². The quantitative estimate of drug-likeness (QED) is 0.824. The molecule has 0 spiro atoms. The summed E-state index contributed by atoms with van der Waals surface area (Å²) >= 11 is 1.65. The highest BCUT2D eigenvalue weighted by Crippen LogP contribution is 2.36. The third kappa shape index (κ3) is 6.26. The molecule has 0 amide bonds. The zero-order chi connectivity index (χ0) is 16.1. The molecule has 2 nitrogen and oxygen atoms in total. The van der Waals surface area contributed by atoms with Crippen molar-refractivity contribution in [2.75, 3.05) is 12.3 Å². The summed E-state index contributed by atoms with van der Waals surface area (Å²) in [6, 6.07) is 0.706. The maximum Gasteiger partial charge on any atom is 0.416 e. The summed E-state index contributed by atoms with van der Waals surface area (Å²) in [5.74, 6) is 0.582. The Morgan fingerprint density at radius 2 is 1.95 bits per heavy atom. The van der Waals surface area contributed by atoms with Crippen LogP contribution >= 0.6 is 11.8 Å². The summed E-state index contributed by atoms with van der Waals surface area (Å²) in [5.41, 5.74) is -0.365. The minimum atomic E-state index is -4.35. The van der Waals surface area contributed by atoms with Crippen molar-refractivity contribution in [2.24, 2.45) is 0 Å². The van der Waals surface area contributed by atoms with Gasteiger partial charge in [-0.2, -0.15) is 24.9 Å². The number of pyridine rings is 1. The van der Waals surface area contributed by atoms with E-state index in [2.05, 4.69) is 31.1 Å². The Bertz CT molecular complexity index is 441. The van der Waals surface area contributed by atoms with E-state index < -0.39 is 11.7 Å². The molecule has 1 aromatic heterocycles. The third-order valence-corrected chi connectivity index (χ3v) is 4.22. The van der Waals surface area contributed by atoms with Gasteiger partial charge in [0.05, 0.1) is 5.56 Å². The standard InChI is InChI=1S/C15H23F3N2S/c1-5-7-20-13(10-21-14(2,3)4)11-9-19-8-6-12(11)15(16,17)18/h6,8-9,13,20H,5,7,10H2,1-4H3. The normalized spacial score (nSPS) is 14.2. The molecule has 0 bridgehead atoms. The lowest BCUT2D eigenvalue weighted by Gasteiger charge is -2.26. The van der Waals surface area contributed by atoms with Gasteiger partial charge in [-0.25, -0.2) is 0 Å². The first-order valence-electron chi connectivity index (χ1n) is 7.03. The van der Waals surface area contributed by atoms with Crippen molar-refractivity contribution in [3.05, 3.63) is 29.6 Å². The van der Waals surface area contributed by atoms with Crippen molar-refractivity contribution in [2.45, 2.75) is 51.1 Å². The van der Waals surface area contributed by atoms with Crippen molar-refractivity contribution in [3.63, 3.8) is 0 Å². The summed E-state index contributed by atoms with van der Waals surface area (Å²) in [7, 11) is 0. The van der Waals surface area contributed by atoms with Crippen LogP contribution in [0.5, 0.6) is 0 Å². The van der Waals surface area contributed by atoms with Crippen LogP contribution in [0.4, 0.5) is 13.2 Å². The molecule has 0 aliphatic heterocycles. The Labute approximate surface area is 128 Å². The van der Waals surface area contributed by atoms with Crippen LogP contribution < -0.4 is 5.32 Å². The van der Waals surface area contributed by atoms with Gasteiger partial charge in [0.25, 0.3) is 0 Å². The highest BCUT2D eigenvalue weighted by Gasteiger charge is 2.35. The number of nitrogens with zero attached hydrogens (tertiary/aromatic N) is 1. The van der Waals surface area contributed by atoms with E-state index in [1.54, 1.807) is 11.8 Å². The molecule has 0 fully saturated rings. The van der Waals surface area contributed by atoms with Gasteiger partial charge in [-0.3, -0.25) is 4.98 Å². The van der Waals surface area contributed by atoms with Gasteiger partial charge in [0.15, 0.2) is 0 Å². The number of aromatic nitrogens is 1. The Morgan fingerprint density at radius 3 is 2.48 bits per heavy atom. The predicted octanol–water partition coefficient (Wildman–Crippen LogP) is 4.67. The first kappa shape index (κ1) is 18.3. The Hall–Kier alpha value is -0.750. The van der Waals surface area contributed by atoms with Gasteiger partial charge >= 0.3 is 6.18 Å². The van der Waals surface area contributed by atoms with Gasteiger partial charge < -0.3 is 5.32 Å². The average molecular weight is 320 g/mol. The molecule has 1 heterocycles. The summed E-state index contributed by atoms with van der Waals surface area (Å²) in [5, 5.41) is 3.21. The van der Waals surface area contributed by atoms with Crippen molar-refractivity contribution in [1.82, 2.24) is 10.3 Å². The fourth-order valence-electron chi connectivity index (χ4n) is 1.85. The van der Waals surface area contributed by atoms with Crippen LogP contribution in [0.25, 0.3) is 0 Å². The molecule has 0 radical (unpaired) electrons. The first-order chi connectivity index (χ1) is 9.65. The Balaban J connectivity index is 3.02. The number of rotatable bonds is 6. The summed E-state index contributed by atoms with van der Waals surface area (Å²) < 4.78 is 39.4. The zero-order valence-electron chi connectivity index (χ0n) is 12.9. The largest absolute Gasteiger partial charge is 0.416 e. The van der Waals surface area contributed by atoms with Gasteiger partial charge in [-0.1, -0.05) is 27.7 Å². The number of thioether (sulfide) groups is 1.